The van der Waals surface area contributed by atoms with Gasteiger partial charge in [0.25, 0.3) is 0 Å². The lowest BCUT2D eigenvalue weighted by atomic mass is 9.75. The molecule has 76 valence electrons. The molecule has 0 saturated heterocycles. The zero-order valence-corrected chi connectivity index (χ0v) is 9.23. The van der Waals surface area contributed by atoms with E-state index in [1.54, 1.807) is 6.92 Å². The zero-order chi connectivity index (χ0) is 9.90. The van der Waals surface area contributed by atoms with Crippen LogP contribution in [0.2, 0.25) is 0 Å². The van der Waals surface area contributed by atoms with Gasteiger partial charge in [-0.1, -0.05) is 33.1 Å². The highest BCUT2D eigenvalue weighted by atomic mass is 16.1. The van der Waals surface area contributed by atoms with E-state index in [0.717, 1.165) is 19.3 Å². The first-order valence-corrected chi connectivity index (χ1v) is 5.62. The summed E-state index contributed by atoms with van der Waals surface area (Å²) in [5, 5.41) is 0. The summed E-state index contributed by atoms with van der Waals surface area (Å²) >= 11 is 0. The highest BCUT2D eigenvalue weighted by Crippen LogP contribution is 2.44. The molecular formula is C12H22O. The van der Waals surface area contributed by atoms with Gasteiger partial charge in [0, 0.05) is 5.41 Å². The average molecular weight is 182 g/mol. The van der Waals surface area contributed by atoms with Crippen molar-refractivity contribution in [3.63, 3.8) is 0 Å². The lowest BCUT2D eigenvalue weighted by molar-refractivity contribution is -0.127. The van der Waals surface area contributed by atoms with E-state index >= 15 is 0 Å². The maximum atomic E-state index is 11.6. The van der Waals surface area contributed by atoms with E-state index in [9.17, 15) is 4.79 Å². The summed E-state index contributed by atoms with van der Waals surface area (Å²) in [6, 6.07) is 0. The first kappa shape index (κ1) is 10.7. The minimum absolute atomic E-state index is 0.0788. The summed E-state index contributed by atoms with van der Waals surface area (Å²) in [7, 11) is 0. The molecule has 0 spiro atoms. The molecule has 1 aliphatic carbocycles. The van der Waals surface area contributed by atoms with Crippen LogP contribution in [0.15, 0.2) is 0 Å². The molecule has 1 unspecified atom stereocenters. The third-order valence-corrected chi connectivity index (χ3v) is 3.74. The van der Waals surface area contributed by atoms with E-state index in [1.165, 1.54) is 19.3 Å². The molecule has 1 nitrogen and oxygen atoms in total. The van der Waals surface area contributed by atoms with Gasteiger partial charge in [-0.25, -0.2) is 0 Å². The molecule has 0 aromatic heterocycles. The lowest BCUT2D eigenvalue weighted by Crippen LogP contribution is -2.27. The molecule has 0 N–H and O–H groups in total. The Kier molecular flexibility index (Phi) is 3.52. The fraction of sp³-hybridized carbons (Fsp3) is 0.917. The van der Waals surface area contributed by atoms with Crippen LogP contribution in [0.25, 0.3) is 0 Å². The predicted octanol–water partition coefficient (Wildman–Crippen LogP) is 3.57. The Balaban J connectivity index is 2.62. The molecule has 0 aromatic rings. The lowest BCUT2D eigenvalue weighted by Gasteiger charge is -2.28. The van der Waals surface area contributed by atoms with Crippen LogP contribution < -0.4 is 0 Å². The second kappa shape index (κ2) is 4.26. The van der Waals surface area contributed by atoms with Crippen LogP contribution in [0.1, 0.15) is 59.3 Å². The molecule has 1 rings (SSSR count). The van der Waals surface area contributed by atoms with Crippen molar-refractivity contribution in [2.45, 2.75) is 59.3 Å². The van der Waals surface area contributed by atoms with E-state index in [0.29, 0.717) is 11.7 Å². The SMILES string of the molecule is CCC(C)CC1(C(C)=O)CCCC1. The second-order valence-corrected chi connectivity index (χ2v) is 4.76. The van der Waals surface area contributed by atoms with E-state index < -0.39 is 0 Å². The molecule has 0 aliphatic heterocycles. The Bertz CT molecular complexity index is 178. The summed E-state index contributed by atoms with van der Waals surface area (Å²) in [5.74, 6) is 1.15. The van der Waals surface area contributed by atoms with Gasteiger partial charge in [-0.05, 0) is 32.1 Å². The number of ketones is 1. The standard InChI is InChI=1S/C12H22O/c1-4-10(2)9-12(11(3)13)7-5-6-8-12/h10H,4-9H2,1-3H3. The van der Waals surface area contributed by atoms with E-state index in [-0.39, 0.29) is 5.41 Å². The Morgan fingerprint density at radius 1 is 1.38 bits per heavy atom. The van der Waals surface area contributed by atoms with Crippen molar-refractivity contribution in [2.24, 2.45) is 11.3 Å². The smallest absolute Gasteiger partial charge is 0.135 e. The molecule has 1 atom stereocenters. The Morgan fingerprint density at radius 2 is 1.92 bits per heavy atom. The zero-order valence-electron chi connectivity index (χ0n) is 9.23. The van der Waals surface area contributed by atoms with Crippen molar-refractivity contribution in [3.05, 3.63) is 0 Å². The Morgan fingerprint density at radius 3 is 2.31 bits per heavy atom. The van der Waals surface area contributed by atoms with Crippen LogP contribution in [-0.4, -0.2) is 5.78 Å². The molecule has 0 heterocycles. The number of carbonyl (C=O) groups is 1. The van der Waals surface area contributed by atoms with Gasteiger partial charge in [-0.3, -0.25) is 4.79 Å². The van der Waals surface area contributed by atoms with Crippen molar-refractivity contribution >= 4 is 5.78 Å². The number of carbonyl (C=O) groups excluding carboxylic acids is 1. The number of hydrogen-bond donors (Lipinski definition) is 0. The third kappa shape index (κ3) is 2.32. The molecule has 1 heteroatoms. The maximum absolute atomic E-state index is 11.6. The second-order valence-electron chi connectivity index (χ2n) is 4.76. The molecule has 13 heavy (non-hydrogen) atoms. The molecule has 0 aromatic carbocycles. The molecule has 1 fully saturated rings. The van der Waals surface area contributed by atoms with Gasteiger partial charge in [0.1, 0.15) is 5.78 Å². The quantitative estimate of drug-likeness (QED) is 0.649. The van der Waals surface area contributed by atoms with Crippen molar-refractivity contribution < 1.29 is 4.79 Å². The normalized spacial score (nSPS) is 23.0. The molecule has 0 bridgehead atoms. The summed E-state index contributed by atoms with van der Waals surface area (Å²) in [5.41, 5.74) is 0.0788. The van der Waals surface area contributed by atoms with Gasteiger partial charge in [-0.2, -0.15) is 0 Å². The van der Waals surface area contributed by atoms with Crippen LogP contribution in [0.5, 0.6) is 0 Å². The van der Waals surface area contributed by atoms with Gasteiger partial charge in [0.05, 0.1) is 0 Å². The number of rotatable bonds is 4. The monoisotopic (exact) mass is 182 g/mol. The Labute approximate surface area is 81.9 Å². The van der Waals surface area contributed by atoms with Crippen molar-refractivity contribution in [2.75, 3.05) is 0 Å². The topological polar surface area (TPSA) is 17.1 Å². The van der Waals surface area contributed by atoms with Crippen LogP contribution in [-0.2, 0) is 4.79 Å². The van der Waals surface area contributed by atoms with Crippen LogP contribution in [0, 0.1) is 11.3 Å². The predicted molar refractivity (Wildman–Crippen MR) is 55.7 cm³/mol. The number of hydrogen-bond acceptors (Lipinski definition) is 1. The van der Waals surface area contributed by atoms with Gasteiger partial charge in [0.2, 0.25) is 0 Å². The van der Waals surface area contributed by atoms with Crippen molar-refractivity contribution in [3.8, 4) is 0 Å². The van der Waals surface area contributed by atoms with Crippen molar-refractivity contribution in [1.29, 1.82) is 0 Å². The highest BCUT2D eigenvalue weighted by Gasteiger charge is 2.38. The third-order valence-electron chi connectivity index (χ3n) is 3.74. The van der Waals surface area contributed by atoms with E-state index in [4.69, 9.17) is 0 Å². The number of Topliss-reactive ketones (excluding diaryl/α,β-unsaturated/α-hetero) is 1. The molecule has 0 amide bonds. The molecule has 0 radical (unpaired) electrons. The molecule has 1 saturated carbocycles. The van der Waals surface area contributed by atoms with Gasteiger partial charge in [-0.15, -0.1) is 0 Å². The summed E-state index contributed by atoms with van der Waals surface area (Å²) in [6.45, 7) is 6.27. The van der Waals surface area contributed by atoms with Gasteiger partial charge < -0.3 is 0 Å². The summed E-state index contributed by atoms with van der Waals surface area (Å²) in [6.07, 6.45) is 7.14. The van der Waals surface area contributed by atoms with E-state index in [2.05, 4.69) is 13.8 Å². The largest absolute Gasteiger partial charge is 0.299 e. The highest BCUT2D eigenvalue weighted by molar-refractivity contribution is 5.82. The fourth-order valence-corrected chi connectivity index (χ4v) is 2.56. The van der Waals surface area contributed by atoms with Crippen LogP contribution in [0.3, 0.4) is 0 Å². The minimum Gasteiger partial charge on any atom is -0.299 e. The maximum Gasteiger partial charge on any atom is 0.135 e. The molecular weight excluding hydrogens is 160 g/mol. The minimum atomic E-state index is 0.0788. The average Bonchev–Trinajstić information content (AvgIpc) is 2.54. The van der Waals surface area contributed by atoms with Crippen LogP contribution in [0.4, 0.5) is 0 Å². The van der Waals surface area contributed by atoms with Gasteiger partial charge >= 0.3 is 0 Å². The Hall–Kier alpha value is -0.330. The first-order chi connectivity index (χ1) is 6.10. The van der Waals surface area contributed by atoms with Crippen molar-refractivity contribution in [1.82, 2.24) is 0 Å². The van der Waals surface area contributed by atoms with Crippen LogP contribution >= 0.6 is 0 Å². The molecule has 1 aliphatic rings. The first-order valence-electron chi connectivity index (χ1n) is 5.62. The van der Waals surface area contributed by atoms with E-state index in [1.807, 2.05) is 0 Å². The summed E-state index contributed by atoms with van der Waals surface area (Å²) < 4.78 is 0. The summed E-state index contributed by atoms with van der Waals surface area (Å²) in [4.78, 5) is 11.6. The van der Waals surface area contributed by atoms with Gasteiger partial charge in [0.15, 0.2) is 0 Å². The fourth-order valence-electron chi connectivity index (χ4n) is 2.56.